The predicted molar refractivity (Wildman–Crippen MR) is 115 cm³/mol. The fourth-order valence-electron chi connectivity index (χ4n) is 3.25. The first-order chi connectivity index (χ1) is 14.7. The van der Waals surface area contributed by atoms with E-state index in [9.17, 15) is 4.79 Å². The lowest BCUT2D eigenvalue weighted by atomic mass is 10.1. The van der Waals surface area contributed by atoms with E-state index in [0.717, 1.165) is 20.6 Å². The van der Waals surface area contributed by atoms with E-state index < -0.39 is 0 Å². The molecule has 1 aromatic carbocycles. The topological polar surface area (TPSA) is 89.4 Å². The molecule has 0 saturated heterocycles. The largest absolute Gasteiger partial charge is 0.467 e. The minimum absolute atomic E-state index is 0.0675. The monoisotopic (exact) mass is 482 g/mol. The van der Waals surface area contributed by atoms with E-state index in [4.69, 9.17) is 4.42 Å². The highest BCUT2D eigenvalue weighted by molar-refractivity contribution is 9.10. The Balaban J connectivity index is 1.38. The summed E-state index contributed by atoms with van der Waals surface area (Å²) in [4.78, 5) is 15.4. The first-order valence-electron chi connectivity index (χ1n) is 9.18. The van der Waals surface area contributed by atoms with Crippen molar-refractivity contribution in [3.63, 3.8) is 0 Å². The molecule has 4 heterocycles. The number of benzene rings is 1. The van der Waals surface area contributed by atoms with E-state index >= 15 is 0 Å². The van der Waals surface area contributed by atoms with E-state index in [1.54, 1.807) is 17.6 Å². The van der Waals surface area contributed by atoms with Crippen LogP contribution in [0.5, 0.6) is 0 Å². The molecule has 1 atom stereocenters. The summed E-state index contributed by atoms with van der Waals surface area (Å²) in [5, 5.41) is 20.5. The lowest BCUT2D eigenvalue weighted by Gasteiger charge is -2.19. The molecule has 3 aromatic heterocycles. The lowest BCUT2D eigenvalue weighted by Crippen LogP contribution is -2.31. The van der Waals surface area contributed by atoms with Gasteiger partial charge in [-0.2, -0.15) is 9.90 Å². The van der Waals surface area contributed by atoms with Gasteiger partial charge in [0.25, 0.3) is 5.91 Å². The summed E-state index contributed by atoms with van der Waals surface area (Å²) >= 11 is 5.00. The first kappa shape index (κ1) is 18.9. The molecule has 0 spiro atoms. The molecule has 1 aliphatic heterocycles. The molecule has 0 saturated carbocycles. The second kappa shape index (κ2) is 7.96. The average Bonchev–Trinajstić information content (AvgIpc) is 3.55. The van der Waals surface area contributed by atoms with Gasteiger partial charge in [0, 0.05) is 16.5 Å². The number of thiophene rings is 1. The summed E-state index contributed by atoms with van der Waals surface area (Å²) in [6, 6.07) is 14.9. The number of hydrogen-bond acceptors (Lipinski definition) is 7. The van der Waals surface area contributed by atoms with Crippen LogP contribution in [0.25, 0.3) is 11.4 Å². The van der Waals surface area contributed by atoms with Crippen molar-refractivity contribution in [2.75, 3.05) is 0 Å². The number of hydrogen-bond donors (Lipinski definition) is 0. The van der Waals surface area contributed by atoms with Gasteiger partial charge in [0.05, 0.1) is 16.9 Å². The normalized spacial score (nSPS) is 16.1. The Labute approximate surface area is 183 Å². The second-order valence-corrected chi connectivity index (χ2v) is 8.51. The molecule has 0 fully saturated rings. The summed E-state index contributed by atoms with van der Waals surface area (Å²) in [5.74, 6) is 0.922. The van der Waals surface area contributed by atoms with Crippen molar-refractivity contribution in [2.45, 2.75) is 19.0 Å². The molecule has 0 radical (unpaired) electrons. The Morgan fingerprint density at radius 3 is 2.80 bits per heavy atom. The van der Waals surface area contributed by atoms with Crippen LogP contribution in [0.1, 0.15) is 23.1 Å². The number of carbonyl (C=O) groups excluding carboxylic acids is 1. The Kier molecular flexibility index (Phi) is 5.01. The first-order valence-corrected chi connectivity index (χ1v) is 10.9. The number of nitrogens with zero attached hydrogens (tertiary/aromatic N) is 6. The summed E-state index contributed by atoms with van der Waals surface area (Å²) in [7, 11) is 0. The third-order valence-electron chi connectivity index (χ3n) is 4.68. The number of furan rings is 1. The van der Waals surface area contributed by atoms with Crippen LogP contribution in [0.4, 0.5) is 0 Å². The maximum absolute atomic E-state index is 13.1. The van der Waals surface area contributed by atoms with Crippen LogP contribution in [0.15, 0.2) is 74.2 Å². The molecule has 1 amide bonds. The number of tetrazole rings is 1. The quantitative estimate of drug-likeness (QED) is 0.426. The van der Waals surface area contributed by atoms with Gasteiger partial charge in [0.2, 0.25) is 5.82 Å². The van der Waals surface area contributed by atoms with Gasteiger partial charge in [-0.1, -0.05) is 22.0 Å². The highest BCUT2D eigenvalue weighted by Crippen LogP contribution is 2.34. The summed E-state index contributed by atoms with van der Waals surface area (Å²) in [6.07, 6.45) is 2.19. The number of hydrazone groups is 1. The number of amides is 1. The molecule has 30 heavy (non-hydrogen) atoms. The van der Waals surface area contributed by atoms with Gasteiger partial charge in [0.15, 0.2) is 0 Å². The Morgan fingerprint density at radius 1 is 1.20 bits per heavy atom. The number of halogens is 1. The maximum atomic E-state index is 13.1. The van der Waals surface area contributed by atoms with Gasteiger partial charge >= 0.3 is 0 Å². The third kappa shape index (κ3) is 3.71. The Morgan fingerprint density at radius 2 is 2.07 bits per heavy atom. The smallest absolute Gasteiger partial charge is 0.267 e. The zero-order valence-corrected chi connectivity index (χ0v) is 18.0. The van der Waals surface area contributed by atoms with E-state index in [-0.39, 0.29) is 18.5 Å². The highest BCUT2D eigenvalue weighted by Gasteiger charge is 2.35. The van der Waals surface area contributed by atoms with Crippen molar-refractivity contribution in [1.82, 2.24) is 25.2 Å². The van der Waals surface area contributed by atoms with Crippen LogP contribution in [-0.2, 0) is 11.3 Å². The third-order valence-corrected chi connectivity index (χ3v) is 6.12. The molecule has 4 aromatic rings. The molecule has 8 nitrogen and oxygen atoms in total. The van der Waals surface area contributed by atoms with Crippen LogP contribution in [0.2, 0.25) is 0 Å². The van der Waals surface area contributed by atoms with Gasteiger partial charge in [-0.3, -0.25) is 4.79 Å². The number of aromatic nitrogens is 4. The second-order valence-electron chi connectivity index (χ2n) is 6.65. The summed E-state index contributed by atoms with van der Waals surface area (Å²) in [6.45, 7) is -0.0675. The standard InChI is InChI=1S/C20H15BrN6O2S/c21-14-7-5-13(6-8-14)20-22-25-26(24-20)12-19(28)27-16(17-3-1-9-29-17)11-15(23-27)18-4-2-10-30-18/h1-10,16H,11-12H2. The summed E-state index contributed by atoms with van der Waals surface area (Å²) in [5.41, 5.74) is 1.69. The van der Waals surface area contributed by atoms with Crippen LogP contribution in [0, 0.1) is 0 Å². The maximum Gasteiger partial charge on any atom is 0.267 e. The molecular formula is C20H15BrN6O2S. The van der Waals surface area contributed by atoms with Crippen LogP contribution < -0.4 is 0 Å². The Hall–Kier alpha value is -3.11. The molecule has 5 rings (SSSR count). The lowest BCUT2D eigenvalue weighted by molar-refractivity contribution is -0.134. The SMILES string of the molecule is O=C(Cn1nnc(-c2ccc(Br)cc2)n1)N1N=C(c2cccs2)CC1c1ccco1. The highest BCUT2D eigenvalue weighted by atomic mass is 79.9. The van der Waals surface area contributed by atoms with Crippen LogP contribution in [-0.4, -0.2) is 36.8 Å². The predicted octanol–water partition coefficient (Wildman–Crippen LogP) is 4.14. The van der Waals surface area contributed by atoms with Gasteiger partial charge in [-0.15, -0.1) is 21.5 Å². The molecule has 0 aliphatic carbocycles. The van der Waals surface area contributed by atoms with Gasteiger partial charge in [0.1, 0.15) is 18.3 Å². The van der Waals surface area contributed by atoms with Gasteiger partial charge in [-0.05, 0) is 53.1 Å². The van der Waals surface area contributed by atoms with Crippen molar-refractivity contribution >= 4 is 38.9 Å². The minimum Gasteiger partial charge on any atom is -0.467 e. The molecule has 1 aliphatic rings. The zero-order valence-electron chi connectivity index (χ0n) is 15.6. The van der Waals surface area contributed by atoms with Crippen LogP contribution >= 0.6 is 27.3 Å². The molecule has 10 heteroatoms. The van der Waals surface area contributed by atoms with Crippen molar-refractivity contribution in [3.05, 3.63) is 75.3 Å². The van der Waals surface area contributed by atoms with Crippen molar-refractivity contribution in [1.29, 1.82) is 0 Å². The molecular weight excluding hydrogens is 468 g/mol. The fraction of sp³-hybridized carbons (Fsp3) is 0.150. The number of carbonyl (C=O) groups is 1. The van der Waals surface area contributed by atoms with Crippen LogP contribution in [0.3, 0.4) is 0 Å². The fourth-order valence-corrected chi connectivity index (χ4v) is 4.24. The van der Waals surface area contributed by atoms with Crippen molar-refractivity contribution < 1.29 is 9.21 Å². The van der Waals surface area contributed by atoms with Gasteiger partial charge in [-0.25, -0.2) is 5.01 Å². The van der Waals surface area contributed by atoms with E-state index in [0.29, 0.717) is 18.0 Å². The summed E-state index contributed by atoms with van der Waals surface area (Å²) < 4.78 is 6.53. The molecule has 0 N–H and O–H groups in total. The minimum atomic E-state index is -0.293. The van der Waals surface area contributed by atoms with E-state index in [1.165, 1.54) is 9.81 Å². The molecule has 0 bridgehead atoms. The number of rotatable bonds is 5. The van der Waals surface area contributed by atoms with E-state index in [1.807, 2.05) is 53.9 Å². The zero-order chi connectivity index (χ0) is 20.5. The van der Waals surface area contributed by atoms with Gasteiger partial charge < -0.3 is 4.42 Å². The molecule has 150 valence electrons. The van der Waals surface area contributed by atoms with Crippen molar-refractivity contribution in [3.8, 4) is 11.4 Å². The Bertz CT molecular complexity index is 1180. The molecule has 1 unspecified atom stereocenters. The van der Waals surface area contributed by atoms with E-state index in [2.05, 4.69) is 36.4 Å². The van der Waals surface area contributed by atoms with Crippen molar-refractivity contribution in [2.24, 2.45) is 5.10 Å². The average molecular weight is 483 g/mol.